The Balaban J connectivity index is 1.11. The maximum atomic E-state index is 12.8. The van der Waals surface area contributed by atoms with Crippen molar-refractivity contribution in [2.45, 2.75) is 70.3 Å². The van der Waals surface area contributed by atoms with E-state index in [9.17, 15) is 18.0 Å². The van der Waals surface area contributed by atoms with Crippen molar-refractivity contribution in [1.82, 2.24) is 15.4 Å². The van der Waals surface area contributed by atoms with Crippen molar-refractivity contribution in [3.05, 3.63) is 0 Å². The zero-order chi connectivity index (χ0) is 19.8. The standard InChI is InChI=1S/C20H33N3O4S/c24-18(21-6-7-28(26,27)23-17-3-4-17)2-1-5-22-19(25)20-11-14-8-15(12-20)10-16(9-14)13-20/h14-17,23H,1-13H2,(H,21,24)(H,22,25). The second kappa shape index (κ2) is 7.94. The number of carbonyl (C=O) groups excluding carboxylic acids is 2. The molecule has 0 radical (unpaired) electrons. The van der Waals surface area contributed by atoms with Crippen LogP contribution in [0.5, 0.6) is 0 Å². The van der Waals surface area contributed by atoms with E-state index in [1.54, 1.807) is 0 Å². The Morgan fingerprint density at radius 3 is 2.07 bits per heavy atom. The number of rotatable bonds is 10. The molecule has 0 atom stereocenters. The third-order valence-electron chi connectivity index (χ3n) is 7.00. The van der Waals surface area contributed by atoms with Gasteiger partial charge in [0.1, 0.15) is 0 Å². The summed E-state index contributed by atoms with van der Waals surface area (Å²) in [6.45, 7) is 0.635. The first-order valence-electron chi connectivity index (χ1n) is 10.9. The molecule has 4 bridgehead atoms. The van der Waals surface area contributed by atoms with Crippen LogP contribution in [-0.4, -0.2) is 45.1 Å². The molecule has 0 spiro atoms. The van der Waals surface area contributed by atoms with Gasteiger partial charge in [-0.25, -0.2) is 13.1 Å². The van der Waals surface area contributed by atoms with Crippen molar-refractivity contribution in [3.63, 3.8) is 0 Å². The Hall–Kier alpha value is -1.15. The highest BCUT2D eigenvalue weighted by Gasteiger charge is 2.54. The van der Waals surface area contributed by atoms with Gasteiger partial charge in [-0.1, -0.05) is 0 Å². The van der Waals surface area contributed by atoms with Crippen molar-refractivity contribution < 1.29 is 18.0 Å². The maximum Gasteiger partial charge on any atom is 0.226 e. The topological polar surface area (TPSA) is 104 Å². The van der Waals surface area contributed by atoms with E-state index in [2.05, 4.69) is 15.4 Å². The number of nitrogens with one attached hydrogen (secondary N) is 3. The van der Waals surface area contributed by atoms with Crippen LogP contribution >= 0.6 is 0 Å². The molecule has 5 aliphatic rings. The average molecular weight is 412 g/mol. The summed E-state index contributed by atoms with van der Waals surface area (Å²) in [5, 5.41) is 5.74. The molecular weight excluding hydrogens is 378 g/mol. The largest absolute Gasteiger partial charge is 0.356 e. The molecule has 8 heteroatoms. The molecule has 5 fully saturated rings. The average Bonchev–Trinajstić information content (AvgIpc) is 3.40. The molecule has 2 amide bonds. The van der Waals surface area contributed by atoms with Crippen LogP contribution in [0.4, 0.5) is 0 Å². The van der Waals surface area contributed by atoms with Crippen molar-refractivity contribution in [2.75, 3.05) is 18.8 Å². The van der Waals surface area contributed by atoms with Gasteiger partial charge >= 0.3 is 0 Å². The van der Waals surface area contributed by atoms with Crippen molar-refractivity contribution in [3.8, 4) is 0 Å². The van der Waals surface area contributed by atoms with Gasteiger partial charge in [-0.3, -0.25) is 9.59 Å². The second-order valence-corrected chi connectivity index (χ2v) is 11.5. The first kappa shape index (κ1) is 20.1. The number of hydrogen-bond acceptors (Lipinski definition) is 4. The predicted octanol–water partition coefficient (Wildman–Crippen LogP) is 1.30. The molecule has 0 aromatic rings. The number of carbonyl (C=O) groups is 2. The van der Waals surface area contributed by atoms with E-state index < -0.39 is 10.0 Å². The SMILES string of the molecule is O=C(CCCNC(=O)C12CC3CC(CC(C3)C1)C2)NCCS(=O)(=O)NC1CC1. The van der Waals surface area contributed by atoms with Crippen LogP contribution in [0, 0.1) is 23.2 Å². The molecule has 0 saturated heterocycles. The van der Waals surface area contributed by atoms with Gasteiger partial charge in [0.2, 0.25) is 21.8 Å². The zero-order valence-electron chi connectivity index (χ0n) is 16.5. The molecule has 0 aliphatic heterocycles. The van der Waals surface area contributed by atoms with Crippen molar-refractivity contribution in [1.29, 1.82) is 0 Å². The van der Waals surface area contributed by atoms with Crippen LogP contribution in [0.2, 0.25) is 0 Å². The van der Waals surface area contributed by atoms with Crippen LogP contribution in [0.1, 0.15) is 64.2 Å². The van der Waals surface area contributed by atoms with Gasteiger partial charge in [0, 0.05) is 31.0 Å². The molecule has 7 nitrogen and oxygen atoms in total. The number of hydrogen-bond donors (Lipinski definition) is 3. The summed E-state index contributed by atoms with van der Waals surface area (Å²) in [6.07, 6.45) is 9.79. The Bertz CT molecular complexity index is 682. The molecule has 0 aromatic heterocycles. The van der Waals surface area contributed by atoms with E-state index in [1.165, 1.54) is 19.3 Å². The summed E-state index contributed by atoms with van der Waals surface area (Å²) in [5.41, 5.74) is -0.139. The number of amides is 2. The quantitative estimate of drug-likeness (QED) is 0.471. The number of sulfonamides is 1. The molecule has 3 N–H and O–H groups in total. The molecule has 28 heavy (non-hydrogen) atoms. The van der Waals surface area contributed by atoms with Gasteiger partial charge in [0.15, 0.2) is 0 Å². The van der Waals surface area contributed by atoms with Gasteiger partial charge in [0.25, 0.3) is 0 Å². The maximum absolute atomic E-state index is 12.8. The minimum atomic E-state index is -3.29. The summed E-state index contributed by atoms with van der Waals surface area (Å²) >= 11 is 0. The molecule has 5 rings (SSSR count). The Labute approximate surface area is 167 Å². The smallest absolute Gasteiger partial charge is 0.226 e. The zero-order valence-corrected chi connectivity index (χ0v) is 17.4. The van der Waals surface area contributed by atoms with Gasteiger partial charge < -0.3 is 10.6 Å². The lowest BCUT2D eigenvalue weighted by molar-refractivity contribution is -0.146. The van der Waals surface area contributed by atoms with E-state index in [4.69, 9.17) is 0 Å². The van der Waals surface area contributed by atoms with Crippen LogP contribution in [0.15, 0.2) is 0 Å². The molecule has 5 saturated carbocycles. The molecule has 0 aromatic carbocycles. The second-order valence-electron chi connectivity index (χ2n) is 9.62. The predicted molar refractivity (Wildman–Crippen MR) is 106 cm³/mol. The fourth-order valence-electron chi connectivity index (χ4n) is 5.95. The van der Waals surface area contributed by atoms with Crippen molar-refractivity contribution >= 4 is 21.8 Å². The van der Waals surface area contributed by atoms with Gasteiger partial charge in [-0.15, -0.1) is 0 Å². The highest BCUT2D eigenvalue weighted by atomic mass is 32.2. The normalized spacial score (nSPS) is 33.6. The fraction of sp³-hybridized carbons (Fsp3) is 0.900. The minimum Gasteiger partial charge on any atom is -0.356 e. The van der Waals surface area contributed by atoms with Crippen LogP contribution in [0.25, 0.3) is 0 Å². The van der Waals surface area contributed by atoms with E-state index >= 15 is 0 Å². The summed E-state index contributed by atoms with van der Waals surface area (Å²) < 4.78 is 26.1. The van der Waals surface area contributed by atoms with Crippen molar-refractivity contribution in [2.24, 2.45) is 23.2 Å². The Morgan fingerprint density at radius 2 is 1.50 bits per heavy atom. The minimum absolute atomic E-state index is 0.0853. The van der Waals surface area contributed by atoms with Crippen LogP contribution in [-0.2, 0) is 19.6 Å². The summed E-state index contributed by atoms with van der Waals surface area (Å²) in [6, 6.07) is 0.0956. The van der Waals surface area contributed by atoms with Crippen LogP contribution in [0.3, 0.4) is 0 Å². The molecular formula is C20H33N3O4S. The van der Waals surface area contributed by atoms with Gasteiger partial charge in [-0.05, 0) is 75.5 Å². The summed E-state index contributed by atoms with van der Waals surface area (Å²) in [4.78, 5) is 24.7. The third-order valence-corrected chi connectivity index (χ3v) is 8.44. The van der Waals surface area contributed by atoms with Gasteiger partial charge in [-0.2, -0.15) is 0 Å². The first-order chi connectivity index (χ1) is 13.3. The molecule has 0 heterocycles. The van der Waals surface area contributed by atoms with E-state index in [0.717, 1.165) is 49.9 Å². The highest BCUT2D eigenvalue weighted by Crippen LogP contribution is 2.60. The summed E-state index contributed by atoms with van der Waals surface area (Å²) in [5.74, 6) is 2.18. The highest BCUT2D eigenvalue weighted by molar-refractivity contribution is 7.89. The lowest BCUT2D eigenvalue weighted by atomic mass is 9.49. The Kier molecular flexibility index (Phi) is 5.71. The molecule has 0 unspecified atom stereocenters. The van der Waals surface area contributed by atoms with E-state index in [0.29, 0.717) is 19.4 Å². The first-order valence-corrected chi connectivity index (χ1v) is 12.5. The fourth-order valence-corrected chi connectivity index (χ4v) is 7.19. The molecule has 5 aliphatic carbocycles. The van der Waals surface area contributed by atoms with Gasteiger partial charge in [0.05, 0.1) is 5.75 Å². The Morgan fingerprint density at radius 1 is 0.893 bits per heavy atom. The van der Waals surface area contributed by atoms with E-state index in [-0.39, 0.29) is 35.6 Å². The summed E-state index contributed by atoms with van der Waals surface area (Å²) in [7, 11) is -3.29. The lowest BCUT2D eigenvalue weighted by Gasteiger charge is -2.55. The lowest BCUT2D eigenvalue weighted by Crippen LogP contribution is -2.53. The monoisotopic (exact) mass is 411 g/mol. The third kappa shape index (κ3) is 4.87. The molecule has 158 valence electrons. The van der Waals surface area contributed by atoms with Crippen LogP contribution < -0.4 is 15.4 Å². The van der Waals surface area contributed by atoms with E-state index in [1.807, 2.05) is 0 Å².